The standard InChI is InChI=1S/C5H8O5/c6-3-5(8)1-2-9-4(7)10-5/h6,8H,1-3H2. The first-order chi connectivity index (χ1) is 4.66. The number of ether oxygens (including phenoxy) is 2. The van der Waals surface area contributed by atoms with E-state index in [4.69, 9.17) is 10.2 Å². The molecule has 0 amide bonds. The van der Waals surface area contributed by atoms with Crippen molar-refractivity contribution in [3.63, 3.8) is 0 Å². The molecule has 0 aromatic rings. The van der Waals surface area contributed by atoms with Crippen molar-refractivity contribution in [3.8, 4) is 0 Å². The minimum atomic E-state index is -1.73. The average molecular weight is 148 g/mol. The van der Waals surface area contributed by atoms with E-state index in [0.717, 1.165) is 0 Å². The molecule has 5 heteroatoms. The summed E-state index contributed by atoms with van der Waals surface area (Å²) in [6, 6.07) is 0. The van der Waals surface area contributed by atoms with E-state index in [2.05, 4.69) is 9.47 Å². The van der Waals surface area contributed by atoms with Crippen molar-refractivity contribution in [3.05, 3.63) is 0 Å². The Morgan fingerprint density at radius 2 is 2.40 bits per heavy atom. The average Bonchev–Trinajstić information content (AvgIpc) is 1.88. The molecule has 0 aromatic carbocycles. The van der Waals surface area contributed by atoms with Gasteiger partial charge in [-0.1, -0.05) is 0 Å². The van der Waals surface area contributed by atoms with Gasteiger partial charge in [0.05, 0.1) is 0 Å². The van der Waals surface area contributed by atoms with E-state index in [0.29, 0.717) is 0 Å². The quantitative estimate of drug-likeness (QED) is 0.477. The van der Waals surface area contributed by atoms with Gasteiger partial charge in [0.15, 0.2) is 0 Å². The lowest BCUT2D eigenvalue weighted by Gasteiger charge is -2.28. The summed E-state index contributed by atoms with van der Waals surface area (Å²) in [5, 5.41) is 17.6. The Kier molecular flexibility index (Phi) is 1.78. The Bertz CT molecular complexity index is 145. The molecule has 1 aliphatic heterocycles. The van der Waals surface area contributed by atoms with Crippen molar-refractivity contribution in [1.82, 2.24) is 0 Å². The van der Waals surface area contributed by atoms with Crippen LogP contribution in [0.15, 0.2) is 0 Å². The molecular formula is C5H8O5. The van der Waals surface area contributed by atoms with Crippen molar-refractivity contribution in [2.24, 2.45) is 0 Å². The van der Waals surface area contributed by atoms with Gasteiger partial charge in [-0.3, -0.25) is 0 Å². The van der Waals surface area contributed by atoms with E-state index < -0.39 is 18.5 Å². The van der Waals surface area contributed by atoms with Crippen LogP contribution in [0.2, 0.25) is 0 Å². The first kappa shape index (κ1) is 7.30. The normalized spacial score (nSPS) is 32.8. The Balaban J connectivity index is 2.53. The van der Waals surface area contributed by atoms with Gasteiger partial charge in [0.1, 0.15) is 13.2 Å². The molecule has 10 heavy (non-hydrogen) atoms. The molecule has 1 rings (SSSR count). The highest BCUT2D eigenvalue weighted by Gasteiger charge is 2.35. The third kappa shape index (κ3) is 1.37. The van der Waals surface area contributed by atoms with Gasteiger partial charge in [0, 0.05) is 6.42 Å². The molecule has 2 N–H and O–H groups in total. The van der Waals surface area contributed by atoms with E-state index in [1.54, 1.807) is 0 Å². The van der Waals surface area contributed by atoms with Crippen LogP contribution >= 0.6 is 0 Å². The Morgan fingerprint density at radius 1 is 1.70 bits per heavy atom. The van der Waals surface area contributed by atoms with Crippen molar-refractivity contribution < 1.29 is 24.5 Å². The first-order valence-corrected chi connectivity index (χ1v) is 2.85. The maximum atomic E-state index is 10.3. The SMILES string of the molecule is O=C1OCCC(O)(CO)O1. The maximum absolute atomic E-state index is 10.3. The molecule has 1 fully saturated rings. The molecule has 1 unspecified atom stereocenters. The zero-order valence-corrected chi connectivity index (χ0v) is 5.24. The Hall–Kier alpha value is -0.810. The minimum Gasteiger partial charge on any atom is -0.434 e. The van der Waals surface area contributed by atoms with Crippen molar-refractivity contribution in [1.29, 1.82) is 0 Å². The van der Waals surface area contributed by atoms with E-state index in [1.165, 1.54) is 0 Å². The summed E-state index contributed by atoms with van der Waals surface area (Å²) in [6.45, 7) is -0.516. The summed E-state index contributed by atoms with van der Waals surface area (Å²) in [5.74, 6) is -1.73. The third-order valence-corrected chi connectivity index (χ3v) is 1.23. The molecule has 0 spiro atoms. The summed E-state index contributed by atoms with van der Waals surface area (Å²) >= 11 is 0. The lowest BCUT2D eigenvalue weighted by atomic mass is 10.2. The Labute approximate surface area is 57.2 Å². The highest BCUT2D eigenvalue weighted by atomic mass is 16.8. The highest BCUT2D eigenvalue weighted by Crippen LogP contribution is 2.17. The molecular weight excluding hydrogens is 140 g/mol. The summed E-state index contributed by atoms with van der Waals surface area (Å²) in [5.41, 5.74) is 0. The predicted molar refractivity (Wildman–Crippen MR) is 29.1 cm³/mol. The van der Waals surface area contributed by atoms with Crippen LogP contribution in [0.3, 0.4) is 0 Å². The zero-order chi connectivity index (χ0) is 7.61. The second kappa shape index (κ2) is 2.43. The lowest BCUT2D eigenvalue weighted by molar-refractivity contribution is -0.228. The van der Waals surface area contributed by atoms with Crippen LogP contribution < -0.4 is 0 Å². The van der Waals surface area contributed by atoms with Crippen molar-refractivity contribution in [2.45, 2.75) is 12.2 Å². The predicted octanol–water partition coefficient (Wildman–Crippen LogP) is -0.776. The number of hydrogen-bond donors (Lipinski definition) is 2. The molecule has 0 saturated carbocycles. The molecule has 5 nitrogen and oxygen atoms in total. The van der Waals surface area contributed by atoms with Gasteiger partial charge in [-0.05, 0) is 0 Å². The molecule has 0 aliphatic carbocycles. The second-order valence-corrected chi connectivity index (χ2v) is 2.05. The van der Waals surface area contributed by atoms with E-state index >= 15 is 0 Å². The van der Waals surface area contributed by atoms with Crippen LogP contribution in [-0.4, -0.2) is 35.4 Å². The van der Waals surface area contributed by atoms with Gasteiger partial charge in [0.25, 0.3) is 0 Å². The lowest BCUT2D eigenvalue weighted by Crippen LogP contribution is -2.43. The molecule has 58 valence electrons. The summed E-state index contributed by atoms with van der Waals surface area (Å²) in [6.07, 6.45) is -0.835. The second-order valence-electron chi connectivity index (χ2n) is 2.05. The third-order valence-electron chi connectivity index (χ3n) is 1.23. The van der Waals surface area contributed by atoms with Gasteiger partial charge in [-0.25, -0.2) is 4.79 Å². The summed E-state index contributed by atoms with van der Waals surface area (Å²) in [4.78, 5) is 10.3. The summed E-state index contributed by atoms with van der Waals surface area (Å²) < 4.78 is 8.61. The smallest absolute Gasteiger partial charge is 0.434 e. The number of aliphatic hydroxyl groups excluding tert-OH is 1. The van der Waals surface area contributed by atoms with Gasteiger partial charge in [-0.2, -0.15) is 0 Å². The van der Waals surface area contributed by atoms with Gasteiger partial charge in [0.2, 0.25) is 5.79 Å². The van der Waals surface area contributed by atoms with Gasteiger partial charge in [-0.15, -0.1) is 0 Å². The number of rotatable bonds is 1. The minimum absolute atomic E-state index is 0.0793. The number of aliphatic hydroxyl groups is 2. The number of carbonyl (C=O) groups is 1. The molecule has 1 aliphatic rings. The largest absolute Gasteiger partial charge is 0.510 e. The fourth-order valence-electron chi connectivity index (χ4n) is 0.641. The topological polar surface area (TPSA) is 76.0 Å². The van der Waals surface area contributed by atoms with Crippen LogP contribution in [0.25, 0.3) is 0 Å². The fourth-order valence-corrected chi connectivity index (χ4v) is 0.641. The van der Waals surface area contributed by atoms with E-state index in [-0.39, 0.29) is 13.0 Å². The van der Waals surface area contributed by atoms with Crippen LogP contribution in [-0.2, 0) is 9.47 Å². The summed E-state index contributed by atoms with van der Waals surface area (Å²) in [7, 11) is 0. The van der Waals surface area contributed by atoms with Crippen molar-refractivity contribution in [2.75, 3.05) is 13.2 Å². The van der Waals surface area contributed by atoms with Gasteiger partial charge < -0.3 is 19.7 Å². The van der Waals surface area contributed by atoms with Crippen LogP contribution in [0, 0.1) is 0 Å². The van der Waals surface area contributed by atoms with Crippen LogP contribution in [0.5, 0.6) is 0 Å². The number of carbonyl (C=O) groups excluding carboxylic acids is 1. The molecule has 1 atom stereocenters. The molecule has 0 bridgehead atoms. The van der Waals surface area contributed by atoms with Crippen LogP contribution in [0.4, 0.5) is 4.79 Å². The van der Waals surface area contributed by atoms with Crippen LogP contribution in [0.1, 0.15) is 6.42 Å². The number of hydrogen-bond acceptors (Lipinski definition) is 5. The first-order valence-electron chi connectivity index (χ1n) is 2.85. The van der Waals surface area contributed by atoms with E-state index in [1.807, 2.05) is 0 Å². The molecule has 1 saturated heterocycles. The zero-order valence-electron chi connectivity index (χ0n) is 5.24. The highest BCUT2D eigenvalue weighted by molar-refractivity contribution is 5.61. The molecule has 0 radical (unpaired) electrons. The van der Waals surface area contributed by atoms with Crippen molar-refractivity contribution >= 4 is 6.16 Å². The van der Waals surface area contributed by atoms with E-state index in [9.17, 15) is 4.79 Å². The number of cyclic esters (lactones) is 2. The fraction of sp³-hybridized carbons (Fsp3) is 0.800. The monoisotopic (exact) mass is 148 g/mol. The van der Waals surface area contributed by atoms with Gasteiger partial charge >= 0.3 is 6.16 Å². The maximum Gasteiger partial charge on any atom is 0.510 e. The molecule has 0 aromatic heterocycles. The molecule has 1 heterocycles. The Morgan fingerprint density at radius 3 is 2.80 bits per heavy atom.